The van der Waals surface area contributed by atoms with Crippen LogP contribution in [0.5, 0.6) is 5.75 Å². The Hall–Kier alpha value is -3.91. The number of fused-ring (bicyclic) bond motifs is 1. The number of aryl methyl sites for hydroxylation is 3. The van der Waals surface area contributed by atoms with Gasteiger partial charge in [0.25, 0.3) is 5.91 Å². The lowest BCUT2D eigenvalue weighted by Crippen LogP contribution is -2.28. The highest BCUT2D eigenvalue weighted by atomic mass is 32.1. The summed E-state index contributed by atoms with van der Waals surface area (Å²) in [7, 11) is 1.61. The highest BCUT2D eigenvalue weighted by Gasteiger charge is 2.13. The minimum atomic E-state index is -0.349. The van der Waals surface area contributed by atoms with Crippen LogP contribution in [-0.2, 0) is 6.54 Å². The Kier molecular flexibility index (Phi) is 6.79. The van der Waals surface area contributed by atoms with Gasteiger partial charge in [-0.15, -0.1) is 0 Å². The van der Waals surface area contributed by atoms with Crippen molar-refractivity contribution in [1.29, 1.82) is 0 Å². The van der Waals surface area contributed by atoms with E-state index < -0.39 is 0 Å². The number of anilines is 2. The Morgan fingerprint density at radius 1 is 0.941 bits per heavy atom. The molecule has 3 N–H and O–H groups in total. The molecule has 0 aliphatic heterocycles. The maximum atomic E-state index is 12.9. The standard InChI is InChI=1S/C26H26N4O3S/c1-15-11-16(2)23(17(3)12-15)29-24(31)19-7-10-21-22(13-19)34-26(28-21)30-25(32)27-14-18-5-8-20(33-4)9-6-18/h5-13H,14H2,1-4H3,(H,29,31)(H2,27,28,30,32). The van der Waals surface area contributed by atoms with E-state index in [9.17, 15) is 9.59 Å². The van der Waals surface area contributed by atoms with Crippen molar-refractivity contribution in [3.05, 3.63) is 82.4 Å². The van der Waals surface area contributed by atoms with Crippen molar-refractivity contribution in [3.63, 3.8) is 0 Å². The van der Waals surface area contributed by atoms with Crippen molar-refractivity contribution < 1.29 is 14.3 Å². The van der Waals surface area contributed by atoms with Gasteiger partial charge in [-0.3, -0.25) is 10.1 Å². The first-order valence-electron chi connectivity index (χ1n) is 10.8. The molecule has 0 fully saturated rings. The maximum absolute atomic E-state index is 12.9. The normalized spacial score (nSPS) is 10.7. The van der Waals surface area contributed by atoms with E-state index >= 15 is 0 Å². The van der Waals surface area contributed by atoms with Gasteiger partial charge in [-0.25, -0.2) is 9.78 Å². The Morgan fingerprint density at radius 2 is 1.65 bits per heavy atom. The van der Waals surface area contributed by atoms with E-state index in [0.29, 0.717) is 17.2 Å². The van der Waals surface area contributed by atoms with Gasteiger partial charge in [-0.1, -0.05) is 41.2 Å². The van der Waals surface area contributed by atoms with Gasteiger partial charge in [0.15, 0.2) is 5.13 Å². The predicted octanol–water partition coefficient (Wildman–Crippen LogP) is 5.80. The van der Waals surface area contributed by atoms with E-state index in [1.54, 1.807) is 25.3 Å². The van der Waals surface area contributed by atoms with Gasteiger partial charge < -0.3 is 15.4 Å². The largest absolute Gasteiger partial charge is 0.497 e. The summed E-state index contributed by atoms with van der Waals surface area (Å²) < 4.78 is 5.95. The fraction of sp³-hybridized carbons (Fsp3) is 0.192. The summed E-state index contributed by atoms with van der Waals surface area (Å²) in [6, 6.07) is 16.5. The average Bonchev–Trinajstić information content (AvgIpc) is 3.21. The molecular formula is C26H26N4O3S. The summed E-state index contributed by atoms with van der Waals surface area (Å²) >= 11 is 1.32. The lowest BCUT2D eigenvalue weighted by Gasteiger charge is -2.12. The molecule has 0 radical (unpaired) electrons. The molecule has 1 aromatic heterocycles. The van der Waals surface area contributed by atoms with Crippen LogP contribution in [0.25, 0.3) is 10.2 Å². The molecule has 0 saturated carbocycles. The van der Waals surface area contributed by atoms with Crippen molar-refractivity contribution in [2.24, 2.45) is 0 Å². The molecule has 4 rings (SSSR count). The van der Waals surface area contributed by atoms with E-state index in [1.807, 2.05) is 57.2 Å². The zero-order valence-corrected chi connectivity index (χ0v) is 20.3. The maximum Gasteiger partial charge on any atom is 0.321 e. The fourth-order valence-corrected chi connectivity index (χ4v) is 4.65. The summed E-state index contributed by atoms with van der Waals surface area (Å²) in [4.78, 5) is 29.6. The third-order valence-corrected chi connectivity index (χ3v) is 6.33. The number of carbonyl (C=O) groups is 2. The first kappa shape index (κ1) is 23.3. The molecule has 3 amide bonds. The van der Waals surface area contributed by atoms with Crippen LogP contribution in [-0.4, -0.2) is 24.0 Å². The van der Waals surface area contributed by atoms with Gasteiger partial charge in [-0.2, -0.15) is 0 Å². The number of thiazole rings is 1. The van der Waals surface area contributed by atoms with Crippen LogP contribution in [0.4, 0.5) is 15.6 Å². The number of nitrogens with zero attached hydrogens (tertiary/aromatic N) is 1. The number of ether oxygens (including phenoxy) is 1. The second kappa shape index (κ2) is 9.93. The SMILES string of the molecule is COc1ccc(CNC(=O)Nc2nc3ccc(C(=O)Nc4c(C)cc(C)cc4C)cc3s2)cc1. The summed E-state index contributed by atoms with van der Waals surface area (Å²) in [5.41, 5.74) is 6.24. The van der Waals surface area contributed by atoms with E-state index in [-0.39, 0.29) is 11.9 Å². The van der Waals surface area contributed by atoms with Crippen molar-refractivity contribution in [2.45, 2.75) is 27.3 Å². The van der Waals surface area contributed by atoms with E-state index in [2.05, 4.69) is 20.9 Å². The second-order valence-electron chi connectivity index (χ2n) is 8.09. The molecule has 0 unspecified atom stereocenters. The van der Waals surface area contributed by atoms with E-state index in [1.165, 1.54) is 11.3 Å². The molecule has 0 spiro atoms. The van der Waals surface area contributed by atoms with E-state index in [4.69, 9.17) is 4.74 Å². The smallest absolute Gasteiger partial charge is 0.321 e. The first-order chi connectivity index (χ1) is 16.3. The number of carbonyl (C=O) groups excluding carboxylic acids is 2. The molecular weight excluding hydrogens is 448 g/mol. The summed E-state index contributed by atoms with van der Waals surface area (Å²) in [6.45, 7) is 6.39. The molecule has 3 aromatic carbocycles. The quantitative estimate of drug-likeness (QED) is 0.329. The summed E-state index contributed by atoms with van der Waals surface area (Å²) in [5, 5.41) is 9.06. The third-order valence-electron chi connectivity index (χ3n) is 5.40. The number of rotatable bonds is 6. The van der Waals surface area contributed by atoms with E-state index in [0.717, 1.165) is 43.9 Å². The Bertz CT molecular complexity index is 1340. The number of hydrogen-bond acceptors (Lipinski definition) is 5. The minimum Gasteiger partial charge on any atom is -0.497 e. The van der Waals surface area contributed by atoms with Crippen LogP contribution in [0.1, 0.15) is 32.6 Å². The summed E-state index contributed by atoms with van der Waals surface area (Å²) in [6.07, 6.45) is 0. The lowest BCUT2D eigenvalue weighted by atomic mass is 10.0. The molecule has 34 heavy (non-hydrogen) atoms. The third kappa shape index (κ3) is 5.35. The molecule has 1 heterocycles. The zero-order valence-electron chi connectivity index (χ0n) is 19.5. The Labute approximate surface area is 202 Å². The van der Waals surface area contributed by atoms with Crippen molar-refractivity contribution >= 4 is 44.3 Å². The Balaban J connectivity index is 1.41. The first-order valence-corrected chi connectivity index (χ1v) is 11.6. The molecule has 0 atom stereocenters. The topological polar surface area (TPSA) is 92.3 Å². The number of benzene rings is 3. The number of methoxy groups -OCH3 is 1. The van der Waals surface area contributed by atoms with Gasteiger partial charge in [0.05, 0.1) is 17.3 Å². The molecule has 174 valence electrons. The zero-order chi connectivity index (χ0) is 24.2. The van der Waals surface area contributed by atoms with Crippen molar-refractivity contribution in [1.82, 2.24) is 10.3 Å². The lowest BCUT2D eigenvalue weighted by molar-refractivity contribution is 0.102. The highest BCUT2D eigenvalue weighted by Crippen LogP contribution is 2.28. The van der Waals surface area contributed by atoms with Crippen LogP contribution in [0.2, 0.25) is 0 Å². The van der Waals surface area contributed by atoms with Crippen LogP contribution in [0.3, 0.4) is 0 Å². The Morgan fingerprint density at radius 3 is 2.32 bits per heavy atom. The minimum absolute atomic E-state index is 0.183. The highest BCUT2D eigenvalue weighted by molar-refractivity contribution is 7.22. The molecule has 7 nitrogen and oxygen atoms in total. The van der Waals surface area contributed by atoms with Crippen molar-refractivity contribution in [3.8, 4) is 5.75 Å². The molecule has 0 aliphatic rings. The molecule has 0 aliphatic carbocycles. The number of aromatic nitrogens is 1. The number of amides is 3. The van der Waals surface area contributed by atoms with Gasteiger partial charge in [0.1, 0.15) is 5.75 Å². The number of urea groups is 1. The molecule has 0 bridgehead atoms. The predicted molar refractivity (Wildman–Crippen MR) is 137 cm³/mol. The summed E-state index contributed by atoms with van der Waals surface area (Å²) in [5.74, 6) is 0.581. The van der Waals surface area contributed by atoms with Crippen molar-refractivity contribution in [2.75, 3.05) is 17.7 Å². The van der Waals surface area contributed by atoms with Crippen LogP contribution in [0.15, 0.2) is 54.6 Å². The molecule has 0 saturated heterocycles. The molecule has 4 aromatic rings. The van der Waals surface area contributed by atoms with Gasteiger partial charge in [0.2, 0.25) is 0 Å². The van der Waals surface area contributed by atoms with Crippen LogP contribution >= 0.6 is 11.3 Å². The fourth-order valence-electron chi connectivity index (χ4n) is 3.75. The number of nitrogens with one attached hydrogen (secondary N) is 3. The van der Waals surface area contributed by atoms with Gasteiger partial charge >= 0.3 is 6.03 Å². The molecule has 8 heteroatoms. The van der Waals surface area contributed by atoms with Crippen LogP contribution < -0.4 is 20.7 Å². The van der Waals surface area contributed by atoms with Crippen LogP contribution in [0, 0.1) is 20.8 Å². The monoisotopic (exact) mass is 474 g/mol. The van der Waals surface area contributed by atoms with Gasteiger partial charge in [-0.05, 0) is 67.8 Å². The second-order valence-corrected chi connectivity index (χ2v) is 9.12. The van der Waals surface area contributed by atoms with Gasteiger partial charge in [0, 0.05) is 17.8 Å². The average molecular weight is 475 g/mol. The number of hydrogen-bond donors (Lipinski definition) is 3.